The van der Waals surface area contributed by atoms with E-state index in [9.17, 15) is 19.1 Å². The van der Waals surface area contributed by atoms with Crippen LogP contribution in [0, 0.1) is 11.7 Å². The molecule has 1 saturated carbocycles. The van der Waals surface area contributed by atoms with Gasteiger partial charge >= 0.3 is 0 Å². The highest BCUT2D eigenvalue weighted by atomic mass is 19.1. The predicted molar refractivity (Wildman–Crippen MR) is 149 cm³/mol. The number of rotatable bonds is 6. The zero-order chi connectivity index (χ0) is 27.9. The number of piperidine rings is 1. The van der Waals surface area contributed by atoms with Crippen molar-refractivity contribution in [2.24, 2.45) is 13.0 Å². The fourth-order valence-corrected chi connectivity index (χ4v) is 6.04. The minimum atomic E-state index is -1.10. The lowest BCUT2D eigenvalue weighted by Crippen LogP contribution is -2.51. The fraction of sp³-hybridized carbons (Fsp3) is 0.448. The Kier molecular flexibility index (Phi) is 6.91. The molecule has 4 heterocycles. The van der Waals surface area contributed by atoms with E-state index >= 15 is 0 Å². The molecule has 40 heavy (non-hydrogen) atoms. The van der Waals surface area contributed by atoms with E-state index in [1.54, 1.807) is 33.6 Å². The van der Waals surface area contributed by atoms with Crippen LogP contribution >= 0.6 is 0 Å². The van der Waals surface area contributed by atoms with Gasteiger partial charge in [0.2, 0.25) is 5.91 Å². The number of aryl methyl sites for hydroxylation is 1. The Balaban J connectivity index is 1.05. The molecule has 0 unspecified atom stereocenters. The summed E-state index contributed by atoms with van der Waals surface area (Å²) in [4.78, 5) is 32.8. The molecular weight excluding hydrogens is 513 g/mol. The van der Waals surface area contributed by atoms with Gasteiger partial charge in [-0.15, -0.1) is 0 Å². The van der Waals surface area contributed by atoms with Crippen LogP contribution in [0.4, 0.5) is 10.2 Å². The monoisotopic (exact) mass is 547 g/mol. The largest absolute Gasteiger partial charge is 0.388 e. The average Bonchev–Trinajstić information content (AvgIpc) is 3.57. The minimum Gasteiger partial charge on any atom is -0.388 e. The van der Waals surface area contributed by atoms with Crippen molar-refractivity contribution in [3.63, 3.8) is 0 Å². The van der Waals surface area contributed by atoms with Crippen molar-refractivity contribution in [3.8, 4) is 5.69 Å². The molecule has 2 fully saturated rings. The highest BCUT2D eigenvalue weighted by Gasteiger charge is 2.37. The van der Waals surface area contributed by atoms with Gasteiger partial charge < -0.3 is 19.9 Å². The van der Waals surface area contributed by atoms with Crippen LogP contribution in [0.25, 0.3) is 16.7 Å². The summed E-state index contributed by atoms with van der Waals surface area (Å²) in [7, 11) is 1.89. The number of benzene rings is 1. The molecule has 1 aromatic carbocycles. The van der Waals surface area contributed by atoms with Gasteiger partial charge in [-0.05, 0) is 68.9 Å². The lowest BCUT2D eigenvalue weighted by Gasteiger charge is -2.40. The smallest absolute Gasteiger partial charge is 0.262 e. The zero-order valence-electron chi connectivity index (χ0n) is 22.5. The third kappa shape index (κ3) is 5.25. The van der Waals surface area contributed by atoms with Crippen molar-refractivity contribution in [2.75, 3.05) is 18.4 Å². The van der Waals surface area contributed by atoms with E-state index in [4.69, 9.17) is 0 Å². The number of likely N-dealkylation sites (tertiary alicyclic amines) is 1. The third-order valence-electron chi connectivity index (χ3n) is 8.39. The molecule has 1 aliphatic heterocycles. The van der Waals surface area contributed by atoms with Crippen molar-refractivity contribution >= 4 is 22.8 Å². The Labute approximate surface area is 231 Å². The second kappa shape index (κ2) is 10.5. The van der Waals surface area contributed by atoms with Crippen LogP contribution in [0.3, 0.4) is 0 Å². The molecule has 1 amide bonds. The molecule has 6 rings (SSSR count). The molecule has 10 nitrogen and oxygen atoms in total. The van der Waals surface area contributed by atoms with Gasteiger partial charge in [0, 0.05) is 56.2 Å². The maximum absolute atomic E-state index is 13.3. The normalized spacial score (nSPS) is 21.0. The van der Waals surface area contributed by atoms with E-state index in [1.165, 1.54) is 23.0 Å². The van der Waals surface area contributed by atoms with E-state index in [0.29, 0.717) is 48.7 Å². The Bertz CT molecular complexity index is 1560. The van der Waals surface area contributed by atoms with Gasteiger partial charge in [0.05, 0.1) is 17.5 Å². The first-order chi connectivity index (χ1) is 19.3. The summed E-state index contributed by atoms with van der Waals surface area (Å²) in [5, 5.41) is 19.6. The number of aromatic nitrogens is 5. The molecule has 11 heteroatoms. The van der Waals surface area contributed by atoms with Crippen LogP contribution in [-0.2, 0) is 18.4 Å². The molecule has 0 spiro atoms. The summed E-state index contributed by atoms with van der Waals surface area (Å²) in [6.45, 7) is 1.04. The van der Waals surface area contributed by atoms with Gasteiger partial charge in [-0.3, -0.25) is 18.8 Å². The number of hydrogen-bond acceptors (Lipinski definition) is 6. The number of halogens is 1. The summed E-state index contributed by atoms with van der Waals surface area (Å²) in [6, 6.07) is 9.95. The van der Waals surface area contributed by atoms with Gasteiger partial charge in [-0.2, -0.15) is 5.10 Å². The number of anilines is 1. The Hall–Kier alpha value is -3.99. The third-order valence-corrected chi connectivity index (χ3v) is 8.39. The summed E-state index contributed by atoms with van der Waals surface area (Å²) < 4.78 is 18.3. The van der Waals surface area contributed by atoms with Crippen molar-refractivity contribution < 1.29 is 14.3 Å². The first-order valence-corrected chi connectivity index (χ1v) is 13.9. The van der Waals surface area contributed by atoms with E-state index in [0.717, 1.165) is 31.5 Å². The second-order valence-corrected chi connectivity index (χ2v) is 11.2. The molecule has 0 radical (unpaired) electrons. The number of hydrogen-bond donors (Lipinski definition) is 2. The van der Waals surface area contributed by atoms with E-state index in [-0.39, 0.29) is 29.7 Å². The van der Waals surface area contributed by atoms with Crippen molar-refractivity contribution in [1.82, 2.24) is 28.8 Å². The molecule has 3 aromatic heterocycles. The Morgan fingerprint density at radius 2 is 1.80 bits per heavy atom. The SMILES string of the molecule is Cn1ccc(N[C@H]2CC[C@@H](C(=O)N3CCC(O)(Cn4cnc5c(ccn5-c5ccc(F)cc5)c4=O)CC3)CC2)n1. The van der Waals surface area contributed by atoms with Gasteiger partial charge in [0.25, 0.3) is 5.56 Å². The number of nitrogens with one attached hydrogen (secondary N) is 1. The highest BCUT2D eigenvalue weighted by molar-refractivity contribution is 5.79. The molecule has 0 bridgehead atoms. The zero-order valence-corrected chi connectivity index (χ0v) is 22.5. The van der Waals surface area contributed by atoms with Crippen molar-refractivity contribution in [1.29, 1.82) is 0 Å². The number of amides is 1. The van der Waals surface area contributed by atoms with Gasteiger partial charge in [0.15, 0.2) is 5.65 Å². The van der Waals surface area contributed by atoms with Gasteiger partial charge in [0.1, 0.15) is 18.0 Å². The molecule has 2 N–H and O–H groups in total. The van der Waals surface area contributed by atoms with Gasteiger partial charge in [-0.1, -0.05) is 0 Å². The fourth-order valence-electron chi connectivity index (χ4n) is 6.04. The maximum Gasteiger partial charge on any atom is 0.262 e. The van der Waals surface area contributed by atoms with Gasteiger partial charge in [-0.25, -0.2) is 9.37 Å². The molecule has 1 aliphatic carbocycles. The quantitative estimate of drug-likeness (QED) is 0.384. The standard InChI is InChI=1S/C29H34FN7O3/c1-34-14-11-25(33-34)32-22-6-2-20(3-7-22)27(38)35-16-12-29(40,13-17-35)18-36-19-31-26-24(28(36)39)10-15-37(26)23-8-4-21(30)5-9-23/h4-5,8-11,14-15,19-20,22,40H,2-3,6-7,12-13,16-18H2,1H3,(H,32,33)/t20-,22+. The Morgan fingerprint density at radius 1 is 1.07 bits per heavy atom. The lowest BCUT2D eigenvalue weighted by atomic mass is 9.84. The van der Waals surface area contributed by atoms with E-state index < -0.39 is 5.60 Å². The van der Waals surface area contributed by atoms with E-state index in [1.807, 2.05) is 24.2 Å². The van der Waals surface area contributed by atoms with Crippen LogP contribution in [0.2, 0.25) is 0 Å². The van der Waals surface area contributed by atoms with Crippen LogP contribution in [0.1, 0.15) is 38.5 Å². The predicted octanol–water partition coefficient (Wildman–Crippen LogP) is 3.08. The molecular formula is C29H34FN7O3. The summed E-state index contributed by atoms with van der Waals surface area (Å²) >= 11 is 0. The Morgan fingerprint density at radius 3 is 2.48 bits per heavy atom. The summed E-state index contributed by atoms with van der Waals surface area (Å²) in [5.41, 5.74) is -0.159. The molecule has 0 atom stereocenters. The van der Waals surface area contributed by atoms with Crippen molar-refractivity contribution in [2.45, 2.75) is 56.7 Å². The lowest BCUT2D eigenvalue weighted by molar-refractivity contribution is -0.141. The number of nitrogens with zero attached hydrogens (tertiary/aromatic N) is 6. The van der Waals surface area contributed by atoms with Crippen LogP contribution < -0.4 is 10.9 Å². The minimum absolute atomic E-state index is 0.00680. The second-order valence-electron chi connectivity index (χ2n) is 11.2. The van der Waals surface area contributed by atoms with Crippen LogP contribution in [0.15, 0.2) is 59.9 Å². The number of fused-ring (bicyclic) bond motifs is 1. The first kappa shape index (κ1) is 26.2. The number of aliphatic hydroxyl groups is 1. The topological polar surface area (TPSA) is 110 Å². The maximum atomic E-state index is 13.3. The van der Waals surface area contributed by atoms with Crippen LogP contribution in [0.5, 0.6) is 0 Å². The first-order valence-electron chi connectivity index (χ1n) is 13.9. The number of carbonyl (C=O) groups is 1. The van der Waals surface area contributed by atoms with Crippen LogP contribution in [-0.4, -0.2) is 64.5 Å². The molecule has 2 aliphatic rings. The molecule has 210 valence electrons. The number of carbonyl (C=O) groups excluding carboxylic acids is 1. The molecule has 1 saturated heterocycles. The molecule has 4 aromatic rings. The van der Waals surface area contributed by atoms with Crippen molar-refractivity contribution in [3.05, 3.63) is 71.3 Å². The van der Waals surface area contributed by atoms with E-state index in [2.05, 4.69) is 15.4 Å². The highest BCUT2D eigenvalue weighted by Crippen LogP contribution is 2.31. The summed E-state index contributed by atoms with van der Waals surface area (Å²) in [6.07, 6.45) is 9.42. The average molecular weight is 548 g/mol. The summed E-state index contributed by atoms with van der Waals surface area (Å²) in [5.74, 6) is 0.706.